The van der Waals surface area contributed by atoms with Crippen LogP contribution in [-0.4, -0.2) is 42.4 Å². The van der Waals surface area contributed by atoms with E-state index in [0.29, 0.717) is 29.1 Å². The summed E-state index contributed by atoms with van der Waals surface area (Å²) in [6, 6.07) is 3.91. The number of alkyl halides is 1. The minimum atomic E-state index is -1.83. The van der Waals surface area contributed by atoms with Crippen molar-refractivity contribution >= 4 is 52.7 Å². The standard InChI is InChI=1S/C25H35BrClN3O3Si/c1-25(2,3)34(7,8)33-13-9-10-17-18-11-12-19(27)20(21-16(14-26)15-28-30(21)5)22(18)29(4)23(17)24(31)32-6/h11-12,15H,9-10,13-14H2,1-8H3. The molecule has 0 unspecified atom stereocenters. The van der Waals surface area contributed by atoms with Gasteiger partial charge in [-0.25, -0.2) is 4.79 Å². The van der Waals surface area contributed by atoms with Gasteiger partial charge in [0.05, 0.1) is 29.5 Å². The Morgan fingerprint density at radius 3 is 2.50 bits per heavy atom. The molecule has 0 amide bonds. The van der Waals surface area contributed by atoms with E-state index in [0.717, 1.165) is 39.7 Å². The van der Waals surface area contributed by atoms with Gasteiger partial charge in [0.25, 0.3) is 0 Å². The highest BCUT2D eigenvalue weighted by molar-refractivity contribution is 9.08. The minimum Gasteiger partial charge on any atom is -0.464 e. The fourth-order valence-corrected chi connectivity index (χ4v) is 5.87. The summed E-state index contributed by atoms with van der Waals surface area (Å²) in [7, 11) is 3.39. The molecule has 3 rings (SSSR count). The number of hydrogen-bond donors (Lipinski definition) is 0. The molecule has 2 heterocycles. The van der Waals surface area contributed by atoms with Crippen molar-refractivity contribution in [1.82, 2.24) is 14.3 Å². The van der Waals surface area contributed by atoms with Gasteiger partial charge in [0.1, 0.15) is 5.69 Å². The first-order valence-electron chi connectivity index (χ1n) is 11.4. The van der Waals surface area contributed by atoms with Crippen molar-refractivity contribution in [2.24, 2.45) is 14.1 Å². The van der Waals surface area contributed by atoms with Crippen LogP contribution in [0.25, 0.3) is 22.2 Å². The van der Waals surface area contributed by atoms with Crippen LogP contribution in [0.5, 0.6) is 0 Å². The molecule has 0 atom stereocenters. The van der Waals surface area contributed by atoms with Gasteiger partial charge in [-0.15, -0.1) is 0 Å². The topological polar surface area (TPSA) is 58.3 Å². The molecule has 6 nitrogen and oxygen atoms in total. The van der Waals surface area contributed by atoms with Gasteiger partial charge in [0, 0.05) is 42.5 Å². The Bertz CT molecular complexity index is 1210. The van der Waals surface area contributed by atoms with Gasteiger partial charge >= 0.3 is 5.97 Å². The maximum atomic E-state index is 12.9. The van der Waals surface area contributed by atoms with Gasteiger partial charge in [-0.1, -0.05) is 54.4 Å². The van der Waals surface area contributed by atoms with E-state index in [1.807, 2.05) is 41.7 Å². The summed E-state index contributed by atoms with van der Waals surface area (Å²) >= 11 is 10.3. The number of carbonyl (C=O) groups is 1. The van der Waals surface area contributed by atoms with Crippen molar-refractivity contribution < 1.29 is 14.0 Å². The highest BCUT2D eigenvalue weighted by atomic mass is 79.9. The Balaban J connectivity index is 2.10. The Hall–Kier alpha value is -1.61. The molecule has 9 heteroatoms. The second-order valence-corrected chi connectivity index (χ2v) is 16.0. The molecule has 0 spiro atoms. The van der Waals surface area contributed by atoms with Crippen molar-refractivity contribution in [3.63, 3.8) is 0 Å². The number of aromatic nitrogens is 3. The Morgan fingerprint density at radius 1 is 1.24 bits per heavy atom. The van der Waals surface area contributed by atoms with Crippen molar-refractivity contribution in [3.8, 4) is 11.3 Å². The molecular weight excluding hydrogens is 534 g/mol. The molecule has 0 aliphatic heterocycles. The van der Waals surface area contributed by atoms with Gasteiger partial charge in [-0.3, -0.25) is 4.68 Å². The third kappa shape index (κ3) is 4.87. The number of carbonyl (C=O) groups excluding carboxylic acids is 1. The molecule has 0 saturated carbocycles. The summed E-state index contributed by atoms with van der Waals surface area (Å²) in [5.74, 6) is -0.355. The number of ether oxygens (including phenoxy) is 1. The molecule has 186 valence electrons. The molecular formula is C25H35BrClN3O3Si. The molecule has 0 N–H and O–H groups in total. The molecule has 0 bridgehead atoms. The number of methoxy groups -OCH3 is 1. The Labute approximate surface area is 216 Å². The van der Waals surface area contributed by atoms with Crippen LogP contribution < -0.4 is 0 Å². The summed E-state index contributed by atoms with van der Waals surface area (Å²) in [6.45, 7) is 11.9. The predicted octanol–water partition coefficient (Wildman–Crippen LogP) is 6.87. The van der Waals surface area contributed by atoms with Crippen molar-refractivity contribution in [3.05, 3.63) is 40.2 Å². The molecule has 0 fully saturated rings. The lowest BCUT2D eigenvalue weighted by atomic mass is 10.0. The van der Waals surface area contributed by atoms with Crippen LogP contribution in [0.15, 0.2) is 18.3 Å². The van der Waals surface area contributed by atoms with Crippen LogP contribution in [0, 0.1) is 0 Å². The van der Waals surface area contributed by atoms with Crippen molar-refractivity contribution in [2.45, 2.75) is 57.1 Å². The summed E-state index contributed by atoms with van der Waals surface area (Å²) in [5, 5.41) is 6.86. The minimum absolute atomic E-state index is 0.158. The van der Waals surface area contributed by atoms with Crippen LogP contribution in [0.4, 0.5) is 0 Å². The number of benzene rings is 1. The summed E-state index contributed by atoms with van der Waals surface area (Å²) in [4.78, 5) is 12.9. The van der Waals surface area contributed by atoms with E-state index in [4.69, 9.17) is 20.8 Å². The number of nitrogens with zero attached hydrogens (tertiary/aromatic N) is 3. The van der Waals surface area contributed by atoms with Gasteiger partial charge in [-0.2, -0.15) is 5.10 Å². The van der Waals surface area contributed by atoms with E-state index in [1.165, 1.54) is 7.11 Å². The molecule has 0 aliphatic rings. The monoisotopic (exact) mass is 567 g/mol. The van der Waals surface area contributed by atoms with Crippen LogP contribution in [0.3, 0.4) is 0 Å². The first-order chi connectivity index (χ1) is 15.9. The van der Waals surface area contributed by atoms with E-state index in [9.17, 15) is 4.79 Å². The zero-order valence-corrected chi connectivity index (χ0v) is 24.7. The molecule has 1 aromatic carbocycles. The van der Waals surface area contributed by atoms with Gasteiger partial charge < -0.3 is 13.7 Å². The van der Waals surface area contributed by atoms with Crippen LogP contribution in [-0.2, 0) is 35.0 Å². The second kappa shape index (κ2) is 10.2. The summed E-state index contributed by atoms with van der Waals surface area (Å²) < 4.78 is 15.3. The third-order valence-corrected chi connectivity index (χ3v) is 12.5. The molecule has 34 heavy (non-hydrogen) atoms. The van der Waals surface area contributed by atoms with Gasteiger partial charge in [0.15, 0.2) is 8.32 Å². The fourth-order valence-electron chi connectivity index (χ4n) is 4.13. The smallest absolute Gasteiger partial charge is 0.354 e. The Kier molecular flexibility index (Phi) is 8.07. The van der Waals surface area contributed by atoms with Crippen LogP contribution in [0.1, 0.15) is 48.8 Å². The zero-order valence-electron chi connectivity index (χ0n) is 21.4. The lowest BCUT2D eigenvalue weighted by molar-refractivity contribution is 0.0589. The summed E-state index contributed by atoms with van der Waals surface area (Å²) in [5.41, 5.74) is 5.24. The van der Waals surface area contributed by atoms with Gasteiger partial charge in [0.2, 0.25) is 0 Å². The van der Waals surface area contributed by atoms with Crippen LogP contribution in [0.2, 0.25) is 23.2 Å². The van der Waals surface area contributed by atoms with E-state index in [-0.39, 0.29) is 11.0 Å². The third-order valence-electron chi connectivity index (χ3n) is 7.02. The maximum Gasteiger partial charge on any atom is 0.354 e. The van der Waals surface area contributed by atoms with E-state index < -0.39 is 8.32 Å². The maximum absolute atomic E-state index is 12.9. The zero-order chi connectivity index (χ0) is 25.4. The SMILES string of the molecule is COC(=O)c1c(CCCO[Si](C)(C)C(C)(C)C)c2ccc(Cl)c(-c3c(CBr)cnn3C)c2n1C. The first-order valence-corrected chi connectivity index (χ1v) is 15.9. The second-order valence-electron chi connectivity index (χ2n) is 10.2. The molecule has 3 aromatic rings. The Morgan fingerprint density at radius 2 is 1.91 bits per heavy atom. The lowest BCUT2D eigenvalue weighted by Gasteiger charge is -2.36. The van der Waals surface area contributed by atoms with Gasteiger partial charge in [-0.05, 0) is 42.6 Å². The number of esters is 1. The molecule has 2 aromatic heterocycles. The number of hydrogen-bond acceptors (Lipinski definition) is 4. The lowest BCUT2D eigenvalue weighted by Crippen LogP contribution is -2.41. The van der Waals surface area contributed by atoms with Crippen molar-refractivity contribution in [2.75, 3.05) is 13.7 Å². The van der Waals surface area contributed by atoms with E-state index in [2.05, 4.69) is 54.9 Å². The molecule has 0 radical (unpaired) electrons. The van der Waals surface area contributed by atoms with E-state index in [1.54, 1.807) is 0 Å². The highest BCUT2D eigenvalue weighted by Gasteiger charge is 2.37. The molecule has 0 aliphatic carbocycles. The first kappa shape index (κ1) is 27.0. The number of rotatable bonds is 8. The summed E-state index contributed by atoms with van der Waals surface area (Å²) in [6.07, 6.45) is 3.35. The van der Waals surface area contributed by atoms with Crippen LogP contribution >= 0.6 is 27.5 Å². The normalized spacial score (nSPS) is 12.5. The quantitative estimate of drug-likeness (QED) is 0.129. The van der Waals surface area contributed by atoms with Crippen molar-refractivity contribution in [1.29, 1.82) is 0 Å². The fraction of sp³-hybridized carbons (Fsp3) is 0.520. The predicted molar refractivity (Wildman–Crippen MR) is 146 cm³/mol. The average molecular weight is 569 g/mol. The average Bonchev–Trinajstić information content (AvgIpc) is 3.27. The number of aryl methyl sites for hydroxylation is 3. The largest absolute Gasteiger partial charge is 0.464 e. The van der Waals surface area contributed by atoms with E-state index >= 15 is 0 Å². The number of halogens is 2. The molecule has 0 saturated heterocycles. The number of fused-ring (bicyclic) bond motifs is 1. The highest BCUT2D eigenvalue weighted by Crippen LogP contribution is 2.41.